The lowest BCUT2D eigenvalue weighted by Crippen LogP contribution is -2.48. The van der Waals surface area contributed by atoms with Gasteiger partial charge in [-0.1, -0.05) is 32.6 Å². The maximum absolute atomic E-state index is 11.0. The van der Waals surface area contributed by atoms with Crippen molar-refractivity contribution in [2.75, 3.05) is 13.1 Å². The summed E-state index contributed by atoms with van der Waals surface area (Å²) < 4.78 is 0. The van der Waals surface area contributed by atoms with Gasteiger partial charge >= 0.3 is 5.97 Å². The molecule has 0 aliphatic carbocycles. The third-order valence-electron chi connectivity index (χ3n) is 5.85. The SMILES string of the molecule is CCNCC(O)(CCCCCCC(O)CCC1CCC(O)C(C)N1)CC(=O)O. The van der Waals surface area contributed by atoms with Gasteiger partial charge in [-0.25, -0.2) is 0 Å². The number of carboxylic acid groups (broad SMARTS) is 1. The molecule has 0 amide bonds. The molecule has 166 valence electrons. The van der Waals surface area contributed by atoms with E-state index in [0.717, 1.165) is 57.8 Å². The summed E-state index contributed by atoms with van der Waals surface area (Å²) in [6, 6.07) is 0.514. The molecular formula is C21H42N2O5. The number of hydrogen-bond acceptors (Lipinski definition) is 6. The van der Waals surface area contributed by atoms with Crippen LogP contribution in [0, 0.1) is 0 Å². The zero-order chi connectivity index (χ0) is 21.0. The van der Waals surface area contributed by atoms with E-state index in [1.165, 1.54) is 0 Å². The highest BCUT2D eigenvalue weighted by molar-refractivity contribution is 5.68. The number of piperidine rings is 1. The molecule has 0 aromatic carbocycles. The molecular weight excluding hydrogens is 360 g/mol. The number of aliphatic carboxylic acids is 1. The highest BCUT2D eigenvalue weighted by atomic mass is 16.4. The number of aliphatic hydroxyl groups excluding tert-OH is 2. The van der Waals surface area contributed by atoms with Gasteiger partial charge in [-0.3, -0.25) is 4.79 Å². The minimum absolute atomic E-state index is 0.128. The molecule has 0 radical (unpaired) electrons. The van der Waals surface area contributed by atoms with Crippen molar-refractivity contribution >= 4 is 5.97 Å². The highest BCUT2D eigenvalue weighted by Crippen LogP contribution is 2.21. The van der Waals surface area contributed by atoms with E-state index in [2.05, 4.69) is 10.6 Å². The van der Waals surface area contributed by atoms with Crippen molar-refractivity contribution in [1.82, 2.24) is 10.6 Å². The predicted molar refractivity (Wildman–Crippen MR) is 110 cm³/mol. The fourth-order valence-electron chi connectivity index (χ4n) is 4.02. The van der Waals surface area contributed by atoms with Crippen LogP contribution in [0.1, 0.15) is 84.5 Å². The third kappa shape index (κ3) is 10.7. The molecule has 1 heterocycles. The lowest BCUT2D eigenvalue weighted by atomic mass is 9.91. The summed E-state index contributed by atoms with van der Waals surface area (Å²) in [6.07, 6.45) is 7.63. The quantitative estimate of drug-likeness (QED) is 0.231. The molecule has 0 bridgehead atoms. The van der Waals surface area contributed by atoms with Crippen LogP contribution in [0.15, 0.2) is 0 Å². The third-order valence-corrected chi connectivity index (χ3v) is 5.85. The lowest BCUT2D eigenvalue weighted by Gasteiger charge is -2.33. The van der Waals surface area contributed by atoms with Crippen molar-refractivity contribution in [2.45, 2.75) is 114 Å². The largest absolute Gasteiger partial charge is 0.481 e. The van der Waals surface area contributed by atoms with Gasteiger partial charge in [0.05, 0.1) is 24.2 Å². The fraction of sp³-hybridized carbons (Fsp3) is 0.952. The Morgan fingerprint density at radius 2 is 1.93 bits per heavy atom. The predicted octanol–water partition coefficient (Wildman–Crippen LogP) is 1.78. The second-order valence-corrected chi connectivity index (χ2v) is 8.56. The summed E-state index contributed by atoms with van der Waals surface area (Å²) in [5.41, 5.74) is -1.18. The normalized spacial score (nSPS) is 26.0. The van der Waals surface area contributed by atoms with Gasteiger partial charge in [-0.05, 0) is 52.0 Å². The second-order valence-electron chi connectivity index (χ2n) is 8.56. The number of carboxylic acids is 1. The molecule has 1 aliphatic rings. The van der Waals surface area contributed by atoms with E-state index in [4.69, 9.17) is 5.11 Å². The van der Waals surface area contributed by atoms with E-state index in [1.807, 2.05) is 13.8 Å². The Hall–Kier alpha value is -0.730. The zero-order valence-corrected chi connectivity index (χ0v) is 17.7. The van der Waals surface area contributed by atoms with E-state index >= 15 is 0 Å². The van der Waals surface area contributed by atoms with E-state index in [9.17, 15) is 20.1 Å². The van der Waals surface area contributed by atoms with Crippen molar-refractivity contribution in [3.8, 4) is 0 Å². The number of unbranched alkanes of at least 4 members (excludes halogenated alkanes) is 3. The molecule has 1 aliphatic heterocycles. The molecule has 7 nitrogen and oxygen atoms in total. The number of nitrogens with one attached hydrogen (secondary N) is 2. The Labute approximate surface area is 169 Å². The van der Waals surface area contributed by atoms with Crippen molar-refractivity contribution in [2.24, 2.45) is 0 Å². The van der Waals surface area contributed by atoms with Gasteiger partial charge in [-0.2, -0.15) is 0 Å². The summed E-state index contributed by atoms with van der Waals surface area (Å²) in [5, 5.41) is 45.9. The number of carbonyl (C=O) groups is 1. The Morgan fingerprint density at radius 3 is 2.57 bits per heavy atom. The van der Waals surface area contributed by atoms with E-state index < -0.39 is 11.6 Å². The van der Waals surface area contributed by atoms with Crippen LogP contribution in [0.2, 0.25) is 0 Å². The highest BCUT2D eigenvalue weighted by Gasteiger charge is 2.29. The first-order valence-electron chi connectivity index (χ1n) is 11.0. The zero-order valence-electron chi connectivity index (χ0n) is 17.7. The first-order valence-corrected chi connectivity index (χ1v) is 11.0. The van der Waals surface area contributed by atoms with Crippen LogP contribution in [-0.2, 0) is 4.79 Å². The molecule has 28 heavy (non-hydrogen) atoms. The summed E-state index contributed by atoms with van der Waals surface area (Å²) in [7, 11) is 0. The van der Waals surface area contributed by atoms with Crippen molar-refractivity contribution in [1.29, 1.82) is 0 Å². The van der Waals surface area contributed by atoms with Gasteiger partial charge in [0.1, 0.15) is 0 Å². The van der Waals surface area contributed by atoms with Crippen LogP contribution < -0.4 is 10.6 Å². The average Bonchev–Trinajstić information content (AvgIpc) is 2.63. The molecule has 6 N–H and O–H groups in total. The number of likely N-dealkylation sites (N-methyl/N-ethyl adjacent to an activating group) is 1. The standard InChI is InChI=1S/C21H42N2O5/c1-3-22-15-21(28,14-20(26)27)13-7-5-4-6-8-18(24)11-9-17-10-12-19(25)16(2)23-17/h16-19,22-25,28H,3-15H2,1-2H3,(H,26,27). The number of hydrogen-bond donors (Lipinski definition) is 6. The topological polar surface area (TPSA) is 122 Å². The Bertz CT molecular complexity index is 437. The molecule has 5 atom stereocenters. The second kappa shape index (κ2) is 13.5. The molecule has 1 fully saturated rings. The van der Waals surface area contributed by atoms with Gasteiger partial charge in [-0.15, -0.1) is 0 Å². The molecule has 0 spiro atoms. The minimum atomic E-state index is -1.18. The average molecular weight is 403 g/mol. The fourth-order valence-corrected chi connectivity index (χ4v) is 4.02. The Kier molecular flexibility index (Phi) is 12.2. The maximum atomic E-state index is 11.0. The van der Waals surface area contributed by atoms with Crippen molar-refractivity contribution in [3.63, 3.8) is 0 Å². The van der Waals surface area contributed by atoms with Gasteiger partial charge in [0.2, 0.25) is 0 Å². The monoisotopic (exact) mass is 402 g/mol. The van der Waals surface area contributed by atoms with E-state index in [0.29, 0.717) is 25.6 Å². The molecule has 7 heteroatoms. The van der Waals surface area contributed by atoms with Crippen molar-refractivity contribution in [3.05, 3.63) is 0 Å². The first-order chi connectivity index (χ1) is 13.3. The van der Waals surface area contributed by atoms with Crippen LogP contribution >= 0.6 is 0 Å². The Balaban J connectivity index is 2.11. The molecule has 1 rings (SSSR count). The minimum Gasteiger partial charge on any atom is -0.481 e. The van der Waals surface area contributed by atoms with Crippen LogP contribution in [0.3, 0.4) is 0 Å². The lowest BCUT2D eigenvalue weighted by molar-refractivity contribution is -0.142. The summed E-state index contributed by atoms with van der Waals surface area (Å²) >= 11 is 0. The van der Waals surface area contributed by atoms with E-state index in [-0.39, 0.29) is 24.7 Å². The Morgan fingerprint density at radius 1 is 1.21 bits per heavy atom. The molecule has 0 saturated carbocycles. The van der Waals surface area contributed by atoms with Crippen molar-refractivity contribution < 1.29 is 25.2 Å². The van der Waals surface area contributed by atoms with Gasteiger partial charge < -0.3 is 31.1 Å². The summed E-state index contributed by atoms with van der Waals surface area (Å²) in [6.45, 7) is 4.94. The van der Waals surface area contributed by atoms with Gasteiger partial charge in [0, 0.05) is 18.6 Å². The summed E-state index contributed by atoms with van der Waals surface area (Å²) in [4.78, 5) is 11.0. The number of aliphatic hydroxyl groups is 3. The smallest absolute Gasteiger partial charge is 0.306 e. The van der Waals surface area contributed by atoms with Gasteiger partial charge in [0.25, 0.3) is 0 Å². The molecule has 0 aromatic heterocycles. The maximum Gasteiger partial charge on any atom is 0.306 e. The van der Waals surface area contributed by atoms with E-state index in [1.54, 1.807) is 0 Å². The van der Waals surface area contributed by atoms with Crippen LogP contribution in [0.25, 0.3) is 0 Å². The first kappa shape index (κ1) is 25.3. The summed E-state index contributed by atoms with van der Waals surface area (Å²) in [5.74, 6) is -0.972. The van der Waals surface area contributed by atoms with Crippen LogP contribution in [0.5, 0.6) is 0 Å². The molecule has 5 unspecified atom stereocenters. The van der Waals surface area contributed by atoms with Crippen LogP contribution in [-0.4, -0.2) is 69.4 Å². The van der Waals surface area contributed by atoms with Crippen LogP contribution in [0.4, 0.5) is 0 Å². The number of rotatable bonds is 15. The molecule has 1 saturated heterocycles. The van der Waals surface area contributed by atoms with Gasteiger partial charge in [0.15, 0.2) is 0 Å². The molecule has 0 aromatic rings.